The van der Waals surface area contributed by atoms with E-state index in [9.17, 15) is 4.79 Å². The zero-order chi connectivity index (χ0) is 23.3. The van der Waals surface area contributed by atoms with Crippen LogP contribution in [0.3, 0.4) is 0 Å². The molecule has 0 bridgehead atoms. The van der Waals surface area contributed by atoms with Crippen molar-refractivity contribution in [2.24, 2.45) is 5.41 Å². The maximum Gasteiger partial charge on any atom is 0.274 e. The van der Waals surface area contributed by atoms with Crippen molar-refractivity contribution in [3.05, 3.63) is 29.3 Å². The highest BCUT2D eigenvalue weighted by Gasteiger charge is 2.21. The molecule has 1 atom stereocenters. The number of carbonyl (C=O) groups excluding carboxylic acids is 1. The van der Waals surface area contributed by atoms with Crippen molar-refractivity contribution < 1.29 is 9.63 Å². The summed E-state index contributed by atoms with van der Waals surface area (Å²) in [7, 11) is 3.41. The molecule has 1 aliphatic heterocycles. The Morgan fingerprint density at radius 3 is 2.75 bits per heavy atom. The third-order valence-corrected chi connectivity index (χ3v) is 5.92. The van der Waals surface area contributed by atoms with E-state index in [-0.39, 0.29) is 11.3 Å². The number of aryl methyl sites for hydroxylation is 1. The van der Waals surface area contributed by atoms with Crippen LogP contribution in [0, 0.1) is 12.3 Å². The number of aromatic nitrogens is 3. The lowest BCUT2D eigenvalue weighted by Gasteiger charge is -2.27. The summed E-state index contributed by atoms with van der Waals surface area (Å²) in [5.41, 5.74) is 3.99. The van der Waals surface area contributed by atoms with Gasteiger partial charge in [0.1, 0.15) is 0 Å². The number of nitrogens with zero attached hydrogens (tertiary/aromatic N) is 4. The molecule has 0 unspecified atom stereocenters. The average Bonchev–Trinajstić information content (AvgIpc) is 3.21. The molecule has 1 fully saturated rings. The van der Waals surface area contributed by atoms with Crippen LogP contribution in [0.4, 0.5) is 11.9 Å². The van der Waals surface area contributed by atoms with Gasteiger partial charge in [-0.1, -0.05) is 26.8 Å². The molecule has 2 heterocycles. The highest BCUT2D eigenvalue weighted by molar-refractivity contribution is 7.99. The molecule has 1 saturated heterocycles. The number of hydrogen-bond acceptors (Lipinski definition) is 9. The summed E-state index contributed by atoms with van der Waals surface area (Å²) < 4.78 is 0. The number of anilines is 2. The summed E-state index contributed by atoms with van der Waals surface area (Å²) >= 11 is 1.42. The van der Waals surface area contributed by atoms with Crippen LogP contribution in [0.5, 0.6) is 0 Å². The molecule has 0 aliphatic carbocycles. The SMILES string of the molecule is CONC(=O)c1ccc(C)c(Sc2nc(N[C@@H]3CCNC3)nc(N(C)CC(C)(C)C)n2)c1. The first-order valence-electron chi connectivity index (χ1n) is 10.7. The van der Waals surface area contributed by atoms with Crippen molar-refractivity contribution in [1.82, 2.24) is 25.7 Å². The van der Waals surface area contributed by atoms with Gasteiger partial charge < -0.3 is 15.5 Å². The van der Waals surface area contributed by atoms with Crippen molar-refractivity contribution in [3.63, 3.8) is 0 Å². The van der Waals surface area contributed by atoms with Crippen LogP contribution < -0.4 is 21.0 Å². The maximum atomic E-state index is 12.2. The quantitative estimate of drug-likeness (QED) is 0.514. The lowest BCUT2D eigenvalue weighted by Crippen LogP contribution is -2.31. The Hall–Kier alpha value is -2.43. The first kappa shape index (κ1) is 24.2. The molecule has 1 aliphatic rings. The smallest absolute Gasteiger partial charge is 0.274 e. The van der Waals surface area contributed by atoms with Crippen molar-refractivity contribution in [2.75, 3.05) is 44.0 Å². The van der Waals surface area contributed by atoms with Gasteiger partial charge in [0.25, 0.3) is 5.91 Å². The van der Waals surface area contributed by atoms with Crippen LogP contribution in [-0.2, 0) is 4.84 Å². The maximum absolute atomic E-state index is 12.2. The fraction of sp³-hybridized carbons (Fsp3) is 0.545. The molecule has 0 radical (unpaired) electrons. The Kier molecular flexibility index (Phi) is 7.91. The van der Waals surface area contributed by atoms with Gasteiger partial charge in [-0.25, -0.2) is 5.48 Å². The highest BCUT2D eigenvalue weighted by Crippen LogP contribution is 2.31. The van der Waals surface area contributed by atoms with E-state index in [4.69, 9.17) is 9.82 Å². The molecule has 3 rings (SSSR count). The second-order valence-corrected chi connectivity index (χ2v) is 10.2. The van der Waals surface area contributed by atoms with Crippen molar-refractivity contribution in [1.29, 1.82) is 0 Å². The average molecular weight is 460 g/mol. The van der Waals surface area contributed by atoms with Gasteiger partial charge in [0.15, 0.2) is 5.16 Å². The zero-order valence-corrected chi connectivity index (χ0v) is 20.5. The molecular formula is C22H33N7O2S. The van der Waals surface area contributed by atoms with Crippen LogP contribution in [-0.4, -0.2) is 60.7 Å². The van der Waals surface area contributed by atoms with Crippen LogP contribution in [0.1, 0.15) is 43.1 Å². The molecule has 0 saturated carbocycles. The van der Waals surface area contributed by atoms with Crippen LogP contribution >= 0.6 is 11.8 Å². The molecule has 32 heavy (non-hydrogen) atoms. The van der Waals surface area contributed by atoms with E-state index in [1.165, 1.54) is 18.9 Å². The monoisotopic (exact) mass is 459 g/mol. The van der Waals surface area contributed by atoms with Gasteiger partial charge in [0, 0.05) is 36.6 Å². The molecule has 3 N–H and O–H groups in total. The predicted molar refractivity (Wildman–Crippen MR) is 127 cm³/mol. The van der Waals surface area contributed by atoms with Gasteiger partial charge >= 0.3 is 0 Å². The van der Waals surface area contributed by atoms with Gasteiger partial charge in [-0.3, -0.25) is 9.63 Å². The fourth-order valence-corrected chi connectivity index (χ4v) is 4.34. The van der Waals surface area contributed by atoms with Crippen LogP contribution in [0.2, 0.25) is 0 Å². The fourth-order valence-electron chi connectivity index (χ4n) is 3.47. The van der Waals surface area contributed by atoms with E-state index in [0.29, 0.717) is 28.7 Å². The van der Waals surface area contributed by atoms with E-state index in [1.54, 1.807) is 6.07 Å². The second kappa shape index (κ2) is 10.5. The Morgan fingerprint density at radius 2 is 2.09 bits per heavy atom. The third-order valence-electron chi connectivity index (χ3n) is 4.90. The zero-order valence-electron chi connectivity index (χ0n) is 19.7. The minimum absolute atomic E-state index is 0.0945. The number of amides is 1. The van der Waals surface area contributed by atoms with E-state index in [2.05, 4.69) is 51.8 Å². The van der Waals surface area contributed by atoms with Gasteiger partial charge in [-0.15, -0.1) is 0 Å². The first-order chi connectivity index (χ1) is 15.1. The van der Waals surface area contributed by atoms with Crippen LogP contribution in [0.15, 0.2) is 28.3 Å². The van der Waals surface area contributed by atoms with Crippen LogP contribution in [0.25, 0.3) is 0 Å². The molecule has 10 heteroatoms. The third kappa shape index (κ3) is 6.78. The number of rotatable bonds is 8. The number of benzene rings is 1. The number of nitrogens with one attached hydrogen (secondary N) is 3. The normalized spacial score (nSPS) is 16.1. The van der Waals surface area contributed by atoms with E-state index in [0.717, 1.165) is 36.5 Å². The molecule has 1 aromatic carbocycles. The Morgan fingerprint density at radius 1 is 1.31 bits per heavy atom. The molecular weight excluding hydrogens is 426 g/mol. The largest absolute Gasteiger partial charge is 0.350 e. The minimum atomic E-state index is -0.299. The molecule has 1 aromatic heterocycles. The molecule has 0 spiro atoms. The Labute approximate surface area is 194 Å². The topological polar surface area (TPSA) is 104 Å². The lowest BCUT2D eigenvalue weighted by molar-refractivity contribution is 0.0537. The summed E-state index contributed by atoms with van der Waals surface area (Å²) in [5.74, 6) is 0.890. The summed E-state index contributed by atoms with van der Waals surface area (Å²) in [5, 5.41) is 7.37. The summed E-state index contributed by atoms with van der Waals surface area (Å²) in [6, 6.07) is 5.79. The molecule has 174 valence electrons. The summed E-state index contributed by atoms with van der Waals surface area (Å²) in [6.07, 6.45) is 1.02. The summed E-state index contributed by atoms with van der Waals surface area (Å²) in [6.45, 7) is 11.2. The van der Waals surface area contributed by atoms with Crippen molar-refractivity contribution in [3.8, 4) is 0 Å². The van der Waals surface area contributed by atoms with Crippen molar-refractivity contribution in [2.45, 2.75) is 50.2 Å². The van der Waals surface area contributed by atoms with E-state index < -0.39 is 0 Å². The van der Waals surface area contributed by atoms with Gasteiger partial charge in [-0.05, 0) is 54.8 Å². The standard InChI is InChI=1S/C22H33N7O2S/c1-14-7-8-15(18(30)28-31-6)11-17(14)32-21-26-19(24-16-9-10-23-12-16)25-20(27-21)29(5)13-22(2,3)4/h7-8,11,16,23H,9-10,12-13H2,1-6H3,(H,28,30)(H,24,25,26,27)/t16-/m1/s1. The predicted octanol–water partition coefficient (Wildman–Crippen LogP) is 2.88. The summed E-state index contributed by atoms with van der Waals surface area (Å²) in [4.78, 5) is 34.0. The van der Waals surface area contributed by atoms with Gasteiger partial charge in [0.2, 0.25) is 11.9 Å². The minimum Gasteiger partial charge on any atom is -0.350 e. The van der Waals surface area contributed by atoms with E-state index >= 15 is 0 Å². The number of carbonyl (C=O) groups is 1. The van der Waals surface area contributed by atoms with Gasteiger partial charge in [-0.2, -0.15) is 15.0 Å². The Balaban J connectivity index is 1.91. The van der Waals surface area contributed by atoms with Gasteiger partial charge in [0.05, 0.1) is 7.11 Å². The number of hydrogen-bond donors (Lipinski definition) is 3. The molecule has 9 nitrogen and oxygen atoms in total. The molecule has 2 aromatic rings. The highest BCUT2D eigenvalue weighted by atomic mass is 32.2. The second-order valence-electron chi connectivity index (χ2n) is 9.21. The lowest BCUT2D eigenvalue weighted by atomic mass is 9.96. The number of hydroxylamine groups is 1. The van der Waals surface area contributed by atoms with E-state index in [1.807, 2.05) is 26.1 Å². The Bertz CT molecular complexity index is 942. The molecule has 1 amide bonds. The first-order valence-corrected chi connectivity index (χ1v) is 11.5. The van der Waals surface area contributed by atoms with Crippen molar-refractivity contribution >= 4 is 29.6 Å².